The first-order valence-corrected chi connectivity index (χ1v) is 12.3. The number of benzene rings is 3. The van der Waals surface area contributed by atoms with Gasteiger partial charge >= 0.3 is 0 Å². The van der Waals surface area contributed by atoms with E-state index in [1.54, 1.807) is 31.4 Å². The second-order valence-electron chi connectivity index (χ2n) is 7.27. The quantitative estimate of drug-likeness (QED) is 0.380. The molecule has 1 N–H and O–H groups in total. The number of amides is 1. The summed E-state index contributed by atoms with van der Waals surface area (Å²) in [5.74, 6) is 0.670. The van der Waals surface area contributed by atoms with E-state index in [1.807, 2.05) is 6.92 Å². The monoisotopic (exact) mass is 502 g/mol. The van der Waals surface area contributed by atoms with Gasteiger partial charge in [0.1, 0.15) is 36.2 Å². The molecule has 0 aliphatic heterocycles. The molecular formula is C25H27FN2O6S. The van der Waals surface area contributed by atoms with Crippen LogP contribution in [0.5, 0.6) is 17.2 Å². The number of halogens is 1. The fourth-order valence-corrected chi connectivity index (χ4v) is 4.58. The molecule has 0 saturated carbocycles. The molecule has 0 unspecified atom stereocenters. The van der Waals surface area contributed by atoms with E-state index < -0.39 is 28.3 Å². The minimum absolute atomic E-state index is 0.0283. The highest BCUT2D eigenvalue weighted by molar-refractivity contribution is 7.92. The van der Waals surface area contributed by atoms with Crippen LogP contribution >= 0.6 is 0 Å². The zero-order valence-electron chi connectivity index (χ0n) is 19.4. The molecule has 0 fully saturated rings. The molecule has 0 spiro atoms. The summed E-state index contributed by atoms with van der Waals surface area (Å²) in [6.07, 6.45) is 0. The van der Waals surface area contributed by atoms with Gasteiger partial charge in [-0.1, -0.05) is 6.07 Å². The molecule has 0 saturated heterocycles. The molecule has 3 rings (SSSR count). The molecule has 3 aromatic carbocycles. The van der Waals surface area contributed by atoms with Crippen LogP contribution in [0.2, 0.25) is 0 Å². The van der Waals surface area contributed by atoms with Gasteiger partial charge in [0, 0.05) is 6.07 Å². The molecule has 0 bridgehead atoms. The molecule has 0 radical (unpaired) electrons. The van der Waals surface area contributed by atoms with E-state index in [1.165, 1.54) is 36.4 Å². The van der Waals surface area contributed by atoms with Crippen LogP contribution in [0.25, 0.3) is 0 Å². The number of carbonyl (C=O) groups excluding carboxylic acids is 1. The number of hydrogen-bond donors (Lipinski definition) is 1. The SMILES string of the molecule is CCOc1ccc(S(=O)(=O)N(CC(=O)NCCOc2cccc(OC)c2)c2ccc(F)cc2)cc1. The molecule has 3 aromatic rings. The lowest BCUT2D eigenvalue weighted by Gasteiger charge is -2.24. The van der Waals surface area contributed by atoms with Crippen molar-refractivity contribution in [3.8, 4) is 17.2 Å². The molecule has 0 aromatic heterocycles. The van der Waals surface area contributed by atoms with Crippen molar-refractivity contribution in [3.63, 3.8) is 0 Å². The van der Waals surface area contributed by atoms with E-state index >= 15 is 0 Å². The Kier molecular flexibility index (Phi) is 8.91. The summed E-state index contributed by atoms with van der Waals surface area (Å²) >= 11 is 0. The molecule has 186 valence electrons. The van der Waals surface area contributed by atoms with Gasteiger partial charge in [0.05, 0.1) is 30.8 Å². The number of ether oxygens (including phenoxy) is 3. The maximum Gasteiger partial charge on any atom is 0.264 e. The summed E-state index contributed by atoms with van der Waals surface area (Å²) in [4.78, 5) is 12.6. The third-order valence-corrected chi connectivity index (χ3v) is 6.65. The number of hydrogen-bond acceptors (Lipinski definition) is 6. The first-order valence-electron chi connectivity index (χ1n) is 10.9. The number of nitrogens with zero attached hydrogens (tertiary/aromatic N) is 1. The number of nitrogens with one attached hydrogen (secondary N) is 1. The van der Waals surface area contributed by atoms with Gasteiger partial charge in [-0.3, -0.25) is 9.10 Å². The van der Waals surface area contributed by atoms with Crippen molar-refractivity contribution in [2.75, 3.05) is 37.7 Å². The first kappa shape index (κ1) is 25.8. The summed E-state index contributed by atoms with van der Waals surface area (Å²) in [5, 5.41) is 2.65. The Morgan fingerprint density at radius 2 is 1.63 bits per heavy atom. The van der Waals surface area contributed by atoms with Crippen molar-refractivity contribution in [2.45, 2.75) is 11.8 Å². The van der Waals surface area contributed by atoms with Crippen molar-refractivity contribution in [2.24, 2.45) is 0 Å². The Morgan fingerprint density at radius 1 is 0.943 bits per heavy atom. The van der Waals surface area contributed by atoms with Crippen LogP contribution in [-0.4, -0.2) is 47.7 Å². The molecule has 0 heterocycles. The Balaban J connectivity index is 1.69. The van der Waals surface area contributed by atoms with Crippen LogP contribution in [0.4, 0.5) is 10.1 Å². The summed E-state index contributed by atoms with van der Waals surface area (Å²) in [5.41, 5.74) is 0.156. The minimum atomic E-state index is -4.13. The summed E-state index contributed by atoms with van der Waals surface area (Å²) in [7, 11) is -2.58. The van der Waals surface area contributed by atoms with Gasteiger partial charge in [-0.25, -0.2) is 12.8 Å². The highest BCUT2D eigenvalue weighted by atomic mass is 32.2. The average Bonchev–Trinajstić information content (AvgIpc) is 2.86. The summed E-state index contributed by atoms with van der Waals surface area (Å²) in [6, 6.07) is 17.8. The van der Waals surface area contributed by atoms with Gasteiger partial charge in [-0.15, -0.1) is 0 Å². The Hall–Kier alpha value is -3.79. The van der Waals surface area contributed by atoms with E-state index in [0.717, 1.165) is 16.4 Å². The van der Waals surface area contributed by atoms with Crippen molar-refractivity contribution < 1.29 is 31.8 Å². The van der Waals surface area contributed by atoms with Crippen LogP contribution in [0.1, 0.15) is 6.92 Å². The molecule has 8 nitrogen and oxygen atoms in total. The smallest absolute Gasteiger partial charge is 0.264 e. The minimum Gasteiger partial charge on any atom is -0.497 e. The molecule has 10 heteroatoms. The van der Waals surface area contributed by atoms with Crippen LogP contribution < -0.4 is 23.8 Å². The number of carbonyl (C=O) groups is 1. The molecule has 0 aliphatic carbocycles. The van der Waals surface area contributed by atoms with E-state index in [0.29, 0.717) is 23.9 Å². The van der Waals surface area contributed by atoms with E-state index in [2.05, 4.69) is 5.32 Å². The maximum atomic E-state index is 13.5. The molecule has 0 aliphatic rings. The van der Waals surface area contributed by atoms with E-state index in [4.69, 9.17) is 14.2 Å². The molecule has 1 amide bonds. The molecule has 35 heavy (non-hydrogen) atoms. The van der Waals surface area contributed by atoms with Gasteiger partial charge in [0.2, 0.25) is 5.91 Å². The third kappa shape index (κ3) is 7.10. The Morgan fingerprint density at radius 3 is 2.29 bits per heavy atom. The predicted molar refractivity (Wildman–Crippen MR) is 130 cm³/mol. The highest BCUT2D eigenvalue weighted by Gasteiger charge is 2.27. The van der Waals surface area contributed by atoms with Gasteiger partial charge in [0.15, 0.2) is 0 Å². The summed E-state index contributed by atoms with van der Waals surface area (Å²) < 4.78 is 57.2. The van der Waals surface area contributed by atoms with E-state index in [-0.39, 0.29) is 23.7 Å². The van der Waals surface area contributed by atoms with Crippen LogP contribution in [0.15, 0.2) is 77.7 Å². The Bertz CT molecular complexity index is 1220. The highest BCUT2D eigenvalue weighted by Crippen LogP contribution is 2.25. The fraction of sp³-hybridized carbons (Fsp3) is 0.240. The zero-order chi connectivity index (χ0) is 25.3. The Labute approximate surface area is 204 Å². The normalized spacial score (nSPS) is 10.9. The molecular weight excluding hydrogens is 475 g/mol. The number of methoxy groups -OCH3 is 1. The summed E-state index contributed by atoms with van der Waals surface area (Å²) in [6.45, 7) is 2.08. The van der Waals surface area contributed by atoms with Gasteiger partial charge in [-0.05, 0) is 67.6 Å². The van der Waals surface area contributed by atoms with Gasteiger partial charge in [0.25, 0.3) is 10.0 Å². The number of sulfonamides is 1. The largest absolute Gasteiger partial charge is 0.497 e. The second kappa shape index (κ2) is 12.1. The van der Waals surface area contributed by atoms with Crippen molar-refractivity contribution in [1.29, 1.82) is 0 Å². The van der Waals surface area contributed by atoms with Crippen LogP contribution in [0, 0.1) is 5.82 Å². The van der Waals surface area contributed by atoms with Crippen LogP contribution in [0.3, 0.4) is 0 Å². The number of anilines is 1. The predicted octanol–water partition coefficient (Wildman–Crippen LogP) is 3.62. The molecule has 0 atom stereocenters. The lowest BCUT2D eigenvalue weighted by Crippen LogP contribution is -2.41. The standard InChI is InChI=1S/C25H27FN2O6S/c1-3-33-21-11-13-24(14-12-21)35(30,31)28(20-9-7-19(26)8-10-20)18-25(29)27-15-16-34-23-6-4-5-22(17-23)32-2/h4-14,17H,3,15-16,18H2,1-2H3,(H,27,29). The zero-order valence-corrected chi connectivity index (χ0v) is 20.3. The van der Waals surface area contributed by atoms with Crippen LogP contribution in [-0.2, 0) is 14.8 Å². The maximum absolute atomic E-state index is 13.5. The third-order valence-electron chi connectivity index (χ3n) is 4.86. The lowest BCUT2D eigenvalue weighted by molar-refractivity contribution is -0.119. The van der Waals surface area contributed by atoms with Crippen molar-refractivity contribution in [3.05, 3.63) is 78.6 Å². The van der Waals surface area contributed by atoms with Crippen molar-refractivity contribution >= 4 is 21.6 Å². The fourth-order valence-electron chi connectivity index (χ4n) is 3.16. The van der Waals surface area contributed by atoms with E-state index in [9.17, 15) is 17.6 Å². The second-order valence-corrected chi connectivity index (χ2v) is 9.13. The lowest BCUT2D eigenvalue weighted by atomic mass is 10.3. The topological polar surface area (TPSA) is 94.2 Å². The first-order chi connectivity index (χ1) is 16.8. The number of rotatable bonds is 12. The van der Waals surface area contributed by atoms with Crippen molar-refractivity contribution in [1.82, 2.24) is 5.32 Å². The van der Waals surface area contributed by atoms with Gasteiger partial charge in [-0.2, -0.15) is 0 Å². The van der Waals surface area contributed by atoms with Gasteiger partial charge < -0.3 is 19.5 Å². The average molecular weight is 503 g/mol.